The normalized spacial score (nSPS) is 10.5. The molecule has 0 spiro atoms. The molecule has 0 saturated heterocycles. The molecule has 0 saturated carbocycles. The van der Waals surface area contributed by atoms with Gasteiger partial charge < -0.3 is 0 Å². The van der Waals surface area contributed by atoms with Crippen LogP contribution in [0.5, 0.6) is 0 Å². The van der Waals surface area contributed by atoms with Crippen LogP contribution in [0.2, 0.25) is 4.44 Å². The SMILES string of the molecule is CCC[CH2][Sn][N](C)C. The van der Waals surface area contributed by atoms with E-state index in [0.29, 0.717) is 0 Å². The first-order valence-corrected chi connectivity index (χ1v) is 6.47. The monoisotopic (exact) mass is 221 g/mol. The summed E-state index contributed by atoms with van der Waals surface area (Å²) >= 11 is -0.0725. The Labute approximate surface area is 63.0 Å². The predicted molar refractivity (Wildman–Crippen MR) is 39.2 cm³/mol. The van der Waals surface area contributed by atoms with Crippen molar-refractivity contribution in [2.45, 2.75) is 24.2 Å². The van der Waals surface area contributed by atoms with Gasteiger partial charge in [-0.3, -0.25) is 0 Å². The van der Waals surface area contributed by atoms with E-state index < -0.39 is 0 Å². The summed E-state index contributed by atoms with van der Waals surface area (Å²) in [4.78, 5) is 0. The molecule has 0 bridgehead atoms. The molecular weight excluding hydrogens is 205 g/mol. The van der Waals surface area contributed by atoms with Crippen LogP contribution in [0.15, 0.2) is 0 Å². The Morgan fingerprint density at radius 1 is 1.38 bits per heavy atom. The van der Waals surface area contributed by atoms with E-state index in [1.165, 1.54) is 17.3 Å². The zero-order valence-electron chi connectivity index (χ0n) is 6.07. The summed E-state index contributed by atoms with van der Waals surface area (Å²) < 4.78 is 3.92. The van der Waals surface area contributed by atoms with Gasteiger partial charge in [0.15, 0.2) is 0 Å². The molecule has 48 valence electrons. The molecule has 0 atom stereocenters. The van der Waals surface area contributed by atoms with E-state index in [9.17, 15) is 0 Å². The van der Waals surface area contributed by atoms with Gasteiger partial charge in [0.05, 0.1) is 0 Å². The average molecular weight is 220 g/mol. The third-order valence-corrected chi connectivity index (χ3v) is 4.41. The van der Waals surface area contributed by atoms with E-state index in [1.807, 2.05) is 0 Å². The summed E-state index contributed by atoms with van der Waals surface area (Å²) in [5.74, 6) is 0. The van der Waals surface area contributed by atoms with Crippen molar-refractivity contribution in [1.82, 2.24) is 3.12 Å². The second-order valence-electron chi connectivity index (χ2n) is 2.16. The van der Waals surface area contributed by atoms with E-state index in [1.54, 1.807) is 0 Å². The van der Waals surface area contributed by atoms with Crippen LogP contribution in [0.3, 0.4) is 0 Å². The first kappa shape index (κ1) is 8.76. The molecule has 0 amide bonds. The quantitative estimate of drug-likeness (QED) is 0.511. The van der Waals surface area contributed by atoms with Gasteiger partial charge in [-0.2, -0.15) is 0 Å². The van der Waals surface area contributed by atoms with Crippen molar-refractivity contribution in [3.8, 4) is 0 Å². The minimum absolute atomic E-state index is 0.0725. The standard InChI is InChI=1S/C4H9.C2H6N.Sn/c1-3-4-2;1-3-2;/h1,3-4H2,2H3;1-2H3;/q;-1;+1. The van der Waals surface area contributed by atoms with Gasteiger partial charge in [0.1, 0.15) is 0 Å². The van der Waals surface area contributed by atoms with E-state index in [4.69, 9.17) is 0 Å². The third kappa shape index (κ3) is 6.76. The van der Waals surface area contributed by atoms with Gasteiger partial charge in [-0.15, -0.1) is 0 Å². The second kappa shape index (κ2) is 5.89. The number of rotatable bonds is 4. The molecule has 0 N–H and O–H groups in total. The van der Waals surface area contributed by atoms with Crippen LogP contribution in [0.25, 0.3) is 0 Å². The Morgan fingerprint density at radius 3 is 2.38 bits per heavy atom. The van der Waals surface area contributed by atoms with Crippen molar-refractivity contribution >= 4 is 21.4 Å². The number of nitrogens with zero attached hydrogens (tertiary/aromatic N) is 1. The first-order valence-electron chi connectivity index (χ1n) is 3.18. The van der Waals surface area contributed by atoms with Crippen molar-refractivity contribution in [1.29, 1.82) is 0 Å². The summed E-state index contributed by atoms with van der Waals surface area (Å²) in [7, 11) is 4.39. The Balaban J connectivity index is 2.72. The fourth-order valence-corrected chi connectivity index (χ4v) is 3.22. The second-order valence-corrected chi connectivity index (χ2v) is 7.04. The fourth-order valence-electron chi connectivity index (χ4n) is 0.479. The number of unbranched alkanes of at least 4 members (excludes halogenated alkanes) is 1. The van der Waals surface area contributed by atoms with E-state index in [-0.39, 0.29) is 21.4 Å². The average Bonchev–Trinajstić information content (AvgIpc) is 1.66. The molecule has 0 unspecified atom stereocenters. The van der Waals surface area contributed by atoms with E-state index in [2.05, 4.69) is 24.1 Å². The minimum atomic E-state index is -0.0725. The Hall–Kier alpha value is 0.759. The van der Waals surface area contributed by atoms with Gasteiger partial charge in [-0.1, -0.05) is 0 Å². The van der Waals surface area contributed by atoms with Crippen LogP contribution >= 0.6 is 0 Å². The molecule has 0 aliphatic rings. The fraction of sp³-hybridized carbons (Fsp3) is 1.00. The predicted octanol–water partition coefficient (Wildman–Crippen LogP) is 1.39. The molecule has 1 nitrogen and oxygen atoms in total. The maximum atomic E-state index is 2.40. The van der Waals surface area contributed by atoms with Gasteiger partial charge in [0.25, 0.3) is 0 Å². The molecule has 8 heavy (non-hydrogen) atoms. The zero-order valence-corrected chi connectivity index (χ0v) is 8.92. The Bertz CT molecular complexity index is 45.8. The van der Waals surface area contributed by atoms with Gasteiger partial charge in [0.2, 0.25) is 0 Å². The maximum absolute atomic E-state index is 2.40. The Kier molecular flexibility index (Phi) is 6.45. The molecular formula is C6H15NSn. The van der Waals surface area contributed by atoms with Crippen LogP contribution in [0, 0.1) is 0 Å². The van der Waals surface area contributed by atoms with Crippen molar-refractivity contribution in [2.24, 2.45) is 0 Å². The number of hydrogen-bond donors (Lipinski definition) is 0. The molecule has 0 aromatic heterocycles. The van der Waals surface area contributed by atoms with Gasteiger partial charge in [-0.25, -0.2) is 0 Å². The summed E-state index contributed by atoms with van der Waals surface area (Å²) in [6.07, 6.45) is 2.82. The van der Waals surface area contributed by atoms with Crippen molar-refractivity contribution in [2.75, 3.05) is 14.1 Å². The number of hydrogen-bond acceptors (Lipinski definition) is 1. The zero-order chi connectivity index (χ0) is 6.41. The van der Waals surface area contributed by atoms with Gasteiger partial charge in [-0.05, 0) is 0 Å². The molecule has 0 fully saturated rings. The molecule has 0 aliphatic heterocycles. The van der Waals surface area contributed by atoms with Crippen LogP contribution in [-0.4, -0.2) is 38.6 Å². The summed E-state index contributed by atoms with van der Waals surface area (Å²) in [6, 6.07) is 0. The molecule has 0 aliphatic carbocycles. The van der Waals surface area contributed by atoms with Gasteiger partial charge in [0, 0.05) is 0 Å². The van der Waals surface area contributed by atoms with E-state index in [0.717, 1.165) is 0 Å². The summed E-state index contributed by atoms with van der Waals surface area (Å²) in [5.41, 5.74) is 0. The molecule has 0 aromatic carbocycles. The first-order chi connectivity index (χ1) is 3.77. The molecule has 2 radical (unpaired) electrons. The van der Waals surface area contributed by atoms with Crippen LogP contribution in [-0.2, 0) is 0 Å². The molecule has 0 aromatic rings. The topological polar surface area (TPSA) is 3.24 Å². The molecule has 0 heterocycles. The van der Waals surface area contributed by atoms with Crippen LogP contribution in [0.1, 0.15) is 19.8 Å². The van der Waals surface area contributed by atoms with Crippen molar-refractivity contribution < 1.29 is 0 Å². The Morgan fingerprint density at radius 2 is 2.00 bits per heavy atom. The van der Waals surface area contributed by atoms with E-state index >= 15 is 0 Å². The molecule has 0 rings (SSSR count). The summed E-state index contributed by atoms with van der Waals surface area (Å²) in [6.45, 7) is 2.26. The summed E-state index contributed by atoms with van der Waals surface area (Å²) in [5, 5.41) is 0. The molecule has 2 heteroatoms. The third-order valence-electron chi connectivity index (χ3n) is 0.958. The van der Waals surface area contributed by atoms with Crippen LogP contribution < -0.4 is 0 Å². The van der Waals surface area contributed by atoms with Crippen LogP contribution in [0.4, 0.5) is 0 Å². The van der Waals surface area contributed by atoms with Gasteiger partial charge >= 0.3 is 62.8 Å². The van der Waals surface area contributed by atoms with Crippen molar-refractivity contribution in [3.63, 3.8) is 0 Å². The van der Waals surface area contributed by atoms with Crippen molar-refractivity contribution in [3.05, 3.63) is 0 Å².